The number of likely N-dealkylation sites (N-methyl/N-ethyl adjacent to an activating group) is 1. The molecular weight excluding hydrogens is 420 g/mol. The van der Waals surface area contributed by atoms with Crippen LogP contribution in [0.3, 0.4) is 0 Å². The molecule has 1 heterocycles. The number of hydrogen-bond acceptors (Lipinski definition) is 5. The average Bonchev–Trinajstić information content (AvgIpc) is 3.62. The summed E-state index contributed by atoms with van der Waals surface area (Å²) in [6.45, 7) is 4.73. The summed E-state index contributed by atoms with van der Waals surface area (Å²) in [4.78, 5) is 40.6. The zero-order valence-electron chi connectivity index (χ0n) is 19.3. The molecule has 0 atom stereocenters. The van der Waals surface area contributed by atoms with Gasteiger partial charge in [0.25, 0.3) is 5.91 Å². The van der Waals surface area contributed by atoms with Gasteiger partial charge in [0.1, 0.15) is 5.75 Å². The van der Waals surface area contributed by atoms with Gasteiger partial charge in [0.05, 0.1) is 12.2 Å². The highest BCUT2D eigenvalue weighted by Gasteiger charge is 2.30. The fraction of sp³-hybridized carbons (Fsp3) is 0.400. The zero-order valence-corrected chi connectivity index (χ0v) is 19.3. The second kappa shape index (κ2) is 9.62. The number of nitrogens with zero attached hydrogens (tertiary/aromatic N) is 2. The van der Waals surface area contributed by atoms with E-state index in [4.69, 9.17) is 4.74 Å². The number of rotatable bonds is 8. The van der Waals surface area contributed by atoms with Gasteiger partial charge in [-0.25, -0.2) is 0 Å². The number of amides is 3. The number of carbonyl (C=O) groups excluding carboxylic acids is 3. The van der Waals surface area contributed by atoms with Crippen LogP contribution >= 0.6 is 0 Å². The van der Waals surface area contributed by atoms with E-state index in [9.17, 15) is 14.4 Å². The Hall–Kier alpha value is -3.39. The monoisotopic (exact) mass is 450 g/mol. The first kappa shape index (κ1) is 22.8. The Bertz CT molecular complexity index is 1080. The van der Waals surface area contributed by atoms with Crippen molar-refractivity contribution in [1.82, 2.24) is 4.90 Å². The highest BCUT2D eigenvalue weighted by atomic mass is 16.5. The molecule has 2 N–H and O–H groups in total. The number of fused-ring (bicyclic) bond motifs is 1. The number of carbonyl (C=O) groups is 3. The Balaban J connectivity index is 1.30. The van der Waals surface area contributed by atoms with Crippen LogP contribution in [0.5, 0.6) is 5.75 Å². The summed E-state index contributed by atoms with van der Waals surface area (Å²) >= 11 is 0. The average molecular weight is 451 g/mol. The highest BCUT2D eigenvalue weighted by molar-refractivity contribution is 5.98. The summed E-state index contributed by atoms with van der Waals surface area (Å²) in [5.41, 5.74) is 4.25. The Morgan fingerprint density at radius 3 is 2.64 bits per heavy atom. The molecule has 0 saturated heterocycles. The summed E-state index contributed by atoms with van der Waals surface area (Å²) in [6, 6.07) is 11.6. The molecule has 0 spiro atoms. The standard InChI is InChI=1S/C25H30N4O4/c1-16-4-5-17(2)20(12-16)27-24(31)14-29(19-7-8-19)11-10-23(30)26-18-6-9-21-22(13-18)33-15-25(32)28(21)3/h4-6,9,12-13,19H,7-8,10-11,14-15H2,1-3H3,(H,26,30)(H,27,31). The number of benzene rings is 2. The third-order valence-corrected chi connectivity index (χ3v) is 6.03. The van der Waals surface area contributed by atoms with Crippen LogP contribution in [0, 0.1) is 13.8 Å². The summed E-state index contributed by atoms with van der Waals surface area (Å²) in [6.07, 6.45) is 2.38. The van der Waals surface area contributed by atoms with Gasteiger partial charge in [-0.05, 0) is 56.0 Å². The maximum atomic E-state index is 12.6. The number of hydrogen-bond donors (Lipinski definition) is 2. The van der Waals surface area contributed by atoms with E-state index in [0.29, 0.717) is 29.7 Å². The van der Waals surface area contributed by atoms with Gasteiger partial charge in [0.2, 0.25) is 11.8 Å². The molecule has 8 heteroatoms. The van der Waals surface area contributed by atoms with E-state index < -0.39 is 0 Å². The Morgan fingerprint density at radius 1 is 1.09 bits per heavy atom. The van der Waals surface area contributed by atoms with Crippen LogP contribution in [0.2, 0.25) is 0 Å². The molecule has 0 bridgehead atoms. The second-order valence-corrected chi connectivity index (χ2v) is 8.79. The predicted molar refractivity (Wildman–Crippen MR) is 128 cm³/mol. The van der Waals surface area contributed by atoms with Crippen molar-refractivity contribution >= 4 is 34.8 Å². The van der Waals surface area contributed by atoms with Crippen molar-refractivity contribution < 1.29 is 19.1 Å². The maximum Gasteiger partial charge on any atom is 0.264 e. The van der Waals surface area contributed by atoms with Crippen LogP contribution in [0.15, 0.2) is 36.4 Å². The van der Waals surface area contributed by atoms with Crippen LogP contribution in [0.1, 0.15) is 30.4 Å². The van der Waals surface area contributed by atoms with E-state index in [-0.39, 0.29) is 37.3 Å². The van der Waals surface area contributed by atoms with Crippen LogP contribution in [-0.4, -0.2) is 55.4 Å². The topological polar surface area (TPSA) is 91.0 Å². The molecule has 4 rings (SSSR count). The molecule has 2 aliphatic rings. The molecule has 174 valence electrons. The van der Waals surface area contributed by atoms with Crippen molar-refractivity contribution in [2.75, 3.05) is 42.3 Å². The highest BCUT2D eigenvalue weighted by Crippen LogP contribution is 2.33. The lowest BCUT2D eigenvalue weighted by Crippen LogP contribution is -2.37. The van der Waals surface area contributed by atoms with Crippen LogP contribution in [0.25, 0.3) is 0 Å². The van der Waals surface area contributed by atoms with Crippen molar-refractivity contribution in [3.05, 3.63) is 47.5 Å². The minimum Gasteiger partial charge on any atom is -0.481 e. The van der Waals surface area contributed by atoms with E-state index in [1.165, 1.54) is 0 Å². The van der Waals surface area contributed by atoms with Crippen LogP contribution in [-0.2, 0) is 14.4 Å². The van der Waals surface area contributed by atoms with Crippen molar-refractivity contribution in [2.45, 2.75) is 39.2 Å². The molecule has 8 nitrogen and oxygen atoms in total. The van der Waals surface area contributed by atoms with Gasteiger partial charge in [-0.3, -0.25) is 19.3 Å². The largest absolute Gasteiger partial charge is 0.481 e. The number of aryl methyl sites for hydroxylation is 2. The summed E-state index contributed by atoms with van der Waals surface area (Å²) < 4.78 is 5.48. The summed E-state index contributed by atoms with van der Waals surface area (Å²) in [5, 5.41) is 5.89. The maximum absolute atomic E-state index is 12.6. The molecule has 1 aliphatic carbocycles. The van der Waals surface area contributed by atoms with Gasteiger partial charge in [-0.1, -0.05) is 12.1 Å². The molecule has 1 aliphatic heterocycles. The lowest BCUT2D eigenvalue weighted by Gasteiger charge is -2.26. The van der Waals surface area contributed by atoms with E-state index in [1.54, 1.807) is 30.1 Å². The molecule has 0 unspecified atom stereocenters. The van der Waals surface area contributed by atoms with E-state index in [0.717, 1.165) is 29.7 Å². The number of ether oxygens (including phenoxy) is 1. The molecule has 3 amide bonds. The molecule has 0 aromatic heterocycles. The van der Waals surface area contributed by atoms with E-state index in [2.05, 4.69) is 15.5 Å². The fourth-order valence-corrected chi connectivity index (χ4v) is 3.90. The van der Waals surface area contributed by atoms with E-state index >= 15 is 0 Å². The van der Waals surface area contributed by atoms with Gasteiger partial charge >= 0.3 is 0 Å². The van der Waals surface area contributed by atoms with Crippen molar-refractivity contribution in [1.29, 1.82) is 0 Å². The van der Waals surface area contributed by atoms with Gasteiger partial charge in [-0.2, -0.15) is 0 Å². The van der Waals surface area contributed by atoms with E-state index in [1.807, 2.05) is 32.0 Å². The first-order valence-corrected chi connectivity index (χ1v) is 11.2. The van der Waals surface area contributed by atoms with Gasteiger partial charge in [0, 0.05) is 43.5 Å². The minimum atomic E-state index is -0.129. The molecule has 1 saturated carbocycles. The molecule has 2 aromatic carbocycles. The lowest BCUT2D eigenvalue weighted by atomic mass is 10.1. The van der Waals surface area contributed by atoms with Crippen LogP contribution < -0.4 is 20.3 Å². The van der Waals surface area contributed by atoms with Crippen LogP contribution in [0.4, 0.5) is 17.1 Å². The van der Waals surface area contributed by atoms with Gasteiger partial charge < -0.3 is 20.3 Å². The first-order chi connectivity index (χ1) is 15.8. The molecule has 2 aromatic rings. The minimum absolute atomic E-state index is 0.0125. The smallest absolute Gasteiger partial charge is 0.264 e. The third kappa shape index (κ3) is 5.70. The van der Waals surface area contributed by atoms with Crippen molar-refractivity contribution in [2.24, 2.45) is 0 Å². The number of anilines is 3. The van der Waals surface area contributed by atoms with Gasteiger partial charge in [0.15, 0.2) is 6.61 Å². The number of nitrogens with one attached hydrogen (secondary N) is 2. The second-order valence-electron chi connectivity index (χ2n) is 8.79. The summed E-state index contributed by atoms with van der Waals surface area (Å²) in [5.74, 6) is 0.260. The molecule has 1 fully saturated rings. The van der Waals surface area contributed by atoms with Crippen molar-refractivity contribution in [3.8, 4) is 5.75 Å². The SMILES string of the molecule is Cc1ccc(C)c(NC(=O)CN(CCC(=O)Nc2ccc3c(c2)OCC(=O)N3C)C2CC2)c1. The quantitative estimate of drug-likeness (QED) is 0.645. The molecule has 0 radical (unpaired) electrons. The fourth-order valence-electron chi connectivity index (χ4n) is 3.90. The zero-order chi connectivity index (χ0) is 23.5. The van der Waals surface area contributed by atoms with Gasteiger partial charge in [-0.15, -0.1) is 0 Å². The lowest BCUT2D eigenvalue weighted by molar-refractivity contribution is -0.121. The Labute approximate surface area is 193 Å². The third-order valence-electron chi connectivity index (χ3n) is 6.03. The Kier molecular flexibility index (Phi) is 6.65. The normalized spacial score (nSPS) is 15.2. The Morgan fingerprint density at radius 2 is 1.88 bits per heavy atom. The summed E-state index contributed by atoms with van der Waals surface area (Å²) in [7, 11) is 1.70. The van der Waals surface area contributed by atoms with Crippen molar-refractivity contribution in [3.63, 3.8) is 0 Å². The molecular formula is C25H30N4O4. The predicted octanol–water partition coefficient (Wildman–Crippen LogP) is 3.09. The first-order valence-electron chi connectivity index (χ1n) is 11.2. The molecule has 33 heavy (non-hydrogen) atoms.